The molecule has 1 fully saturated rings. The van der Waals surface area contributed by atoms with Gasteiger partial charge in [-0.15, -0.1) is 11.3 Å². The monoisotopic (exact) mass is 466 g/mol. The number of aryl methyl sites for hydroxylation is 1. The number of thiazole rings is 1. The minimum Gasteiger partial charge on any atom is -0.407 e. The molecular formula is C23H22N4O5S. The molecule has 0 atom stereocenters. The Bertz CT molecular complexity index is 1360. The summed E-state index contributed by atoms with van der Waals surface area (Å²) in [6.45, 7) is 1.73. The first-order valence-corrected chi connectivity index (χ1v) is 11.7. The van der Waals surface area contributed by atoms with Crippen molar-refractivity contribution < 1.29 is 14.1 Å². The third-order valence-corrected chi connectivity index (χ3v) is 7.34. The number of carbonyl (C=O) groups is 1. The maximum atomic E-state index is 12.7. The van der Waals surface area contributed by atoms with Gasteiger partial charge in [-0.1, -0.05) is 12.1 Å². The lowest BCUT2D eigenvalue weighted by molar-refractivity contribution is -0.384. The number of rotatable bonds is 6. The molecule has 1 amide bonds. The lowest BCUT2D eigenvalue weighted by Crippen LogP contribution is -2.37. The van der Waals surface area contributed by atoms with E-state index in [1.807, 2.05) is 23.1 Å². The molecule has 0 N–H and O–H groups in total. The van der Waals surface area contributed by atoms with Gasteiger partial charge in [-0.2, -0.15) is 0 Å². The predicted molar refractivity (Wildman–Crippen MR) is 125 cm³/mol. The fourth-order valence-corrected chi connectivity index (χ4v) is 5.50. The van der Waals surface area contributed by atoms with Gasteiger partial charge in [0.15, 0.2) is 5.58 Å². The van der Waals surface area contributed by atoms with Crippen LogP contribution in [0.1, 0.15) is 36.6 Å². The number of aromatic nitrogens is 2. The van der Waals surface area contributed by atoms with Gasteiger partial charge in [0.1, 0.15) is 0 Å². The van der Waals surface area contributed by atoms with Crippen molar-refractivity contribution in [3.63, 3.8) is 0 Å². The largest absolute Gasteiger partial charge is 0.419 e. The summed E-state index contributed by atoms with van der Waals surface area (Å²) in [6.07, 6.45) is 2.62. The molecule has 1 aliphatic heterocycles. The van der Waals surface area contributed by atoms with Gasteiger partial charge in [0, 0.05) is 38.0 Å². The number of amides is 1. The maximum absolute atomic E-state index is 12.7. The summed E-state index contributed by atoms with van der Waals surface area (Å²) < 4.78 is 7.76. The Morgan fingerprint density at radius 2 is 2.00 bits per heavy atom. The Balaban J connectivity index is 1.16. The maximum Gasteiger partial charge on any atom is 0.419 e. The van der Waals surface area contributed by atoms with Crippen LogP contribution >= 0.6 is 11.3 Å². The summed E-state index contributed by atoms with van der Waals surface area (Å²) in [6, 6.07) is 12.2. The number of piperidine rings is 1. The Kier molecular flexibility index (Phi) is 5.67. The summed E-state index contributed by atoms with van der Waals surface area (Å²) in [4.78, 5) is 41.9. The standard InChI is InChI=1S/C23H22N4O5S/c28-21(6-3-11-26-18-8-7-16(27(30)31)14-19(18)32-23(26)29)25-12-9-15(10-13-25)22-24-17-4-1-2-5-20(17)33-22/h1-2,4-5,7-8,14-15H,3,6,9-13H2. The van der Waals surface area contributed by atoms with E-state index in [-0.39, 0.29) is 17.2 Å². The normalized spacial score (nSPS) is 14.8. The number of oxazole rings is 1. The van der Waals surface area contributed by atoms with Crippen molar-refractivity contribution in [2.75, 3.05) is 13.1 Å². The number of hydrogen-bond acceptors (Lipinski definition) is 7. The van der Waals surface area contributed by atoms with Crippen molar-refractivity contribution in [1.82, 2.24) is 14.5 Å². The van der Waals surface area contributed by atoms with E-state index in [1.165, 1.54) is 27.5 Å². The number of hydrogen-bond donors (Lipinski definition) is 0. The van der Waals surface area contributed by atoms with Gasteiger partial charge in [-0.3, -0.25) is 19.5 Å². The third kappa shape index (κ3) is 4.25. The molecule has 2 aromatic heterocycles. The first-order valence-electron chi connectivity index (χ1n) is 10.9. The van der Waals surface area contributed by atoms with E-state index in [4.69, 9.17) is 9.40 Å². The molecule has 0 saturated carbocycles. The molecule has 0 aliphatic carbocycles. The van der Waals surface area contributed by atoms with E-state index < -0.39 is 10.7 Å². The highest BCUT2D eigenvalue weighted by Crippen LogP contribution is 2.34. The zero-order valence-electron chi connectivity index (χ0n) is 17.8. The lowest BCUT2D eigenvalue weighted by Gasteiger charge is -2.31. The highest BCUT2D eigenvalue weighted by atomic mass is 32.1. The first kappa shape index (κ1) is 21.3. The summed E-state index contributed by atoms with van der Waals surface area (Å²) in [5, 5.41) is 12.1. The highest BCUT2D eigenvalue weighted by Gasteiger charge is 2.26. The third-order valence-electron chi connectivity index (χ3n) is 6.14. The molecule has 4 aromatic rings. The van der Waals surface area contributed by atoms with Crippen molar-refractivity contribution in [3.05, 3.63) is 68.1 Å². The van der Waals surface area contributed by atoms with Crippen molar-refractivity contribution in [2.45, 2.75) is 38.1 Å². The van der Waals surface area contributed by atoms with Crippen LogP contribution < -0.4 is 5.76 Å². The molecule has 3 heterocycles. The van der Waals surface area contributed by atoms with Crippen LogP contribution in [0.15, 0.2) is 51.7 Å². The average molecular weight is 467 g/mol. The molecule has 170 valence electrons. The zero-order chi connectivity index (χ0) is 22.9. The van der Waals surface area contributed by atoms with E-state index in [0.29, 0.717) is 43.9 Å². The van der Waals surface area contributed by atoms with Gasteiger partial charge < -0.3 is 9.32 Å². The van der Waals surface area contributed by atoms with Crippen molar-refractivity contribution in [1.29, 1.82) is 0 Å². The second-order valence-corrected chi connectivity index (χ2v) is 9.27. The Labute approximate surface area is 192 Å². The number of nitro benzene ring substituents is 1. The Hall–Kier alpha value is -3.53. The van der Waals surface area contributed by atoms with E-state index in [2.05, 4.69) is 6.07 Å². The van der Waals surface area contributed by atoms with Gasteiger partial charge >= 0.3 is 5.76 Å². The van der Waals surface area contributed by atoms with Crippen LogP contribution in [0, 0.1) is 10.1 Å². The number of para-hydroxylation sites is 1. The lowest BCUT2D eigenvalue weighted by atomic mass is 9.97. The molecule has 1 saturated heterocycles. The second kappa shape index (κ2) is 8.78. The van der Waals surface area contributed by atoms with Crippen molar-refractivity contribution in [2.24, 2.45) is 0 Å². The highest BCUT2D eigenvalue weighted by molar-refractivity contribution is 7.18. The van der Waals surface area contributed by atoms with Crippen LogP contribution in [0.25, 0.3) is 21.3 Å². The fraction of sp³-hybridized carbons (Fsp3) is 0.348. The minimum absolute atomic E-state index is 0.0780. The molecule has 0 radical (unpaired) electrons. The molecule has 0 unspecified atom stereocenters. The van der Waals surface area contributed by atoms with Crippen LogP contribution in [0.3, 0.4) is 0 Å². The fourth-order valence-electron chi connectivity index (χ4n) is 4.37. The van der Waals surface area contributed by atoms with Crippen LogP contribution in [0.5, 0.6) is 0 Å². The van der Waals surface area contributed by atoms with Gasteiger partial charge in [-0.05, 0) is 37.5 Å². The van der Waals surface area contributed by atoms with Crippen LogP contribution in [-0.4, -0.2) is 38.4 Å². The van der Waals surface area contributed by atoms with E-state index in [1.54, 1.807) is 11.3 Å². The number of carbonyl (C=O) groups excluding carboxylic acids is 1. The quantitative estimate of drug-likeness (QED) is 0.309. The SMILES string of the molecule is O=C(CCCn1c(=O)oc2cc([N+](=O)[O-])ccc21)N1CCC(c2nc3ccccc3s2)CC1. The first-order chi connectivity index (χ1) is 16.0. The van der Waals surface area contributed by atoms with E-state index >= 15 is 0 Å². The number of nitrogens with zero attached hydrogens (tertiary/aromatic N) is 4. The molecular weight excluding hydrogens is 444 g/mol. The van der Waals surface area contributed by atoms with E-state index in [9.17, 15) is 19.7 Å². The minimum atomic E-state index is -0.574. The number of fused-ring (bicyclic) bond motifs is 2. The summed E-state index contributed by atoms with van der Waals surface area (Å²) in [5.74, 6) is -0.116. The molecule has 5 rings (SSSR count). The Morgan fingerprint density at radius 3 is 2.76 bits per heavy atom. The predicted octanol–water partition coefficient (Wildman–Crippen LogP) is 4.30. The van der Waals surface area contributed by atoms with Crippen molar-refractivity contribution >= 4 is 44.2 Å². The topological polar surface area (TPSA) is 111 Å². The van der Waals surface area contributed by atoms with Crippen LogP contribution in [-0.2, 0) is 11.3 Å². The summed E-state index contributed by atoms with van der Waals surface area (Å²) >= 11 is 1.74. The van der Waals surface area contributed by atoms with Gasteiger partial charge in [0.05, 0.1) is 31.7 Å². The number of nitro groups is 1. The number of likely N-dealkylation sites (tertiary alicyclic amines) is 1. The second-order valence-electron chi connectivity index (χ2n) is 8.21. The molecule has 2 aromatic carbocycles. The summed E-state index contributed by atoms with van der Waals surface area (Å²) in [5.41, 5.74) is 1.58. The van der Waals surface area contributed by atoms with Crippen LogP contribution in [0.2, 0.25) is 0 Å². The van der Waals surface area contributed by atoms with E-state index in [0.717, 1.165) is 23.4 Å². The molecule has 10 heteroatoms. The van der Waals surface area contributed by atoms with Crippen LogP contribution in [0.4, 0.5) is 5.69 Å². The smallest absolute Gasteiger partial charge is 0.407 e. The van der Waals surface area contributed by atoms with Gasteiger partial charge in [0.2, 0.25) is 5.91 Å². The molecule has 0 spiro atoms. The average Bonchev–Trinajstić information content (AvgIpc) is 3.39. The summed E-state index contributed by atoms with van der Waals surface area (Å²) in [7, 11) is 0. The molecule has 0 bridgehead atoms. The molecule has 9 nitrogen and oxygen atoms in total. The molecule has 33 heavy (non-hydrogen) atoms. The van der Waals surface area contributed by atoms with Gasteiger partial charge in [0.25, 0.3) is 5.69 Å². The van der Waals surface area contributed by atoms with Gasteiger partial charge in [-0.25, -0.2) is 9.78 Å². The number of non-ortho nitro benzene ring substituents is 1. The Morgan fingerprint density at radius 1 is 1.21 bits per heavy atom. The molecule has 1 aliphatic rings. The number of benzene rings is 2. The van der Waals surface area contributed by atoms with Crippen molar-refractivity contribution in [3.8, 4) is 0 Å². The zero-order valence-corrected chi connectivity index (χ0v) is 18.6.